The van der Waals surface area contributed by atoms with Gasteiger partial charge in [-0.3, -0.25) is 4.79 Å². The molecule has 0 atom stereocenters. The van der Waals surface area contributed by atoms with Crippen molar-refractivity contribution in [2.45, 2.75) is 20.3 Å². The normalized spacial score (nSPS) is 10.2. The molecule has 0 aliphatic rings. The highest BCUT2D eigenvalue weighted by molar-refractivity contribution is 5.99. The lowest BCUT2D eigenvalue weighted by Gasteiger charge is -2.10. The monoisotopic (exact) mass is 250 g/mol. The molecule has 0 aliphatic heterocycles. The van der Waals surface area contributed by atoms with Crippen molar-refractivity contribution in [1.29, 1.82) is 0 Å². The fourth-order valence-corrected chi connectivity index (χ4v) is 1.68. The third kappa shape index (κ3) is 4.37. The predicted molar refractivity (Wildman–Crippen MR) is 74.2 cm³/mol. The van der Waals surface area contributed by atoms with E-state index >= 15 is 0 Å². The molecule has 0 spiro atoms. The third-order valence-electron chi connectivity index (χ3n) is 2.64. The first-order chi connectivity index (χ1) is 8.69. The Morgan fingerprint density at radius 1 is 1.39 bits per heavy atom. The molecule has 0 heterocycles. The Hall–Kier alpha value is -1.55. The summed E-state index contributed by atoms with van der Waals surface area (Å²) in [4.78, 5) is 12.0. The molecule has 0 saturated carbocycles. The fraction of sp³-hybridized carbons (Fsp3) is 0.500. The summed E-state index contributed by atoms with van der Waals surface area (Å²) in [5, 5.41) is 5.94. The minimum Gasteiger partial charge on any atom is -0.387 e. The van der Waals surface area contributed by atoms with Gasteiger partial charge in [0.25, 0.3) is 5.91 Å². The van der Waals surface area contributed by atoms with Crippen LogP contribution in [0.5, 0.6) is 0 Å². The summed E-state index contributed by atoms with van der Waals surface area (Å²) in [6, 6.07) is 5.75. The molecule has 18 heavy (non-hydrogen) atoms. The molecule has 0 saturated heterocycles. The summed E-state index contributed by atoms with van der Waals surface area (Å²) in [5.41, 5.74) is 2.67. The van der Waals surface area contributed by atoms with Gasteiger partial charge in [-0.2, -0.15) is 0 Å². The topological polar surface area (TPSA) is 50.4 Å². The van der Waals surface area contributed by atoms with Gasteiger partial charge >= 0.3 is 0 Å². The standard InChI is InChI=1S/C14H22N2O2/c1-4-18-9-5-8-16-14(17)12-7-6-11(2)10-13(12)15-3/h6-7,10,15H,4-5,8-9H2,1-3H3,(H,16,17). The molecule has 2 N–H and O–H groups in total. The Morgan fingerprint density at radius 3 is 2.83 bits per heavy atom. The van der Waals surface area contributed by atoms with Crippen LogP contribution in [0.15, 0.2) is 18.2 Å². The van der Waals surface area contributed by atoms with Gasteiger partial charge in [0, 0.05) is 32.5 Å². The van der Waals surface area contributed by atoms with E-state index < -0.39 is 0 Å². The van der Waals surface area contributed by atoms with Crippen LogP contribution in [0.2, 0.25) is 0 Å². The Bertz CT molecular complexity index is 391. The number of carbonyl (C=O) groups excluding carboxylic acids is 1. The first-order valence-corrected chi connectivity index (χ1v) is 6.33. The summed E-state index contributed by atoms with van der Waals surface area (Å²) >= 11 is 0. The molecule has 0 fully saturated rings. The lowest BCUT2D eigenvalue weighted by Crippen LogP contribution is -2.26. The average molecular weight is 250 g/mol. The van der Waals surface area contributed by atoms with Gasteiger partial charge in [-0.1, -0.05) is 6.07 Å². The maximum Gasteiger partial charge on any atom is 0.253 e. The summed E-state index contributed by atoms with van der Waals surface area (Å²) in [6.45, 7) is 6.00. The van der Waals surface area contributed by atoms with Crippen molar-refractivity contribution in [1.82, 2.24) is 5.32 Å². The Morgan fingerprint density at radius 2 is 2.17 bits per heavy atom. The number of nitrogens with one attached hydrogen (secondary N) is 2. The average Bonchev–Trinajstić information content (AvgIpc) is 2.38. The molecule has 4 heteroatoms. The Kier molecular flexibility index (Phi) is 6.22. The zero-order valence-electron chi connectivity index (χ0n) is 11.4. The van der Waals surface area contributed by atoms with Gasteiger partial charge in [0.05, 0.1) is 5.56 Å². The van der Waals surface area contributed by atoms with Crippen molar-refractivity contribution < 1.29 is 9.53 Å². The molecular formula is C14H22N2O2. The molecule has 0 aliphatic carbocycles. The van der Waals surface area contributed by atoms with Gasteiger partial charge in [0.1, 0.15) is 0 Å². The van der Waals surface area contributed by atoms with E-state index in [0.717, 1.165) is 24.3 Å². The van der Waals surface area contributed by atoms with Crippen LogP contribution in [0.4, 0.5) is 5.69 Å². The van der Waals surface area contributed by atoms with E-state index in [9.17, 15) is 4.79 Å². The number of ether oxygens (including phenoxy) is 1. The lowest BCUT2D eigenvalue weighted by molar-refractivity contribution is 0.0945. The van der Waals surface area contributed by atoms with Gasteiger partial charge in [-0.25, -0.2) is 0 Å². The number of anilines is 1. The van der Waals surface area contributed by atoms with Crippen LogP contribution in [0.1, 0.15) is 29.3 Å². The van der Waals surface area contributed by atoms with E-state index in [0.29, 0.717) is 18.7 Å². The molecule has 0 unspecified atom stereocenters. The van der Waals surface area contributed by atoms with E-state index in [1.165, 1.54) is 0 Å². The van der Waals surface area contributed by atoms with Crippen LogP contribution in [0.3, 0.4) is 0 Å². The van der Waals surface area contributed by atoms with Gasteiger partial charge in [0.2, 0.25) is 0 Å². The van der Waals surface area contributed by atoms with E-state index in [1.54, 1.807) is 0 Å². The second-order valence-electron chi connectivity index (χ2n) is 4.11. The van der Waals surface area contributed by atoms with Gasteiger partial charge in [-0.15, -0.1) is 0 Å². The third-order valence-corrected chi connectivity index (χ3v) is 2.64. The SMILES string of the molecule is CCOCCCNC(=O)c1ccc(C)cc1NC. The molecule has 4 nitrogen and oxygen atoms in total. The van der Waals surface area contributed by atoms with Crippen LogP contribution in [-0.4, -0.2) is 32.7 Å². The quantitative estimate of drug-likeness (QED) is 0.729. The largest absolute Gasteiger partial charge is 0.387 e. The zero-order valence-corrected chi connectivity index (χ0v) is 11.4. The molecule has 1 aromatic rings. The molecule has 1 rings (SSSR count). The zero-order chi connectivity index (χ0) is 13.4. The second kappa shape index (κ2) is 7.71. The number of hydrogen-bond donors (Lipinski definition) is 2. The maximum atomic E-state index is 12.0. The first-order valence-electron chi connectivity index (χ1n) is 6.33. The predicted octanol–water partition coefficient (Wildman–Crippen LogP) is 2.19. The van der Waals surface area contributed by atoms with Crippen LogP contribution in [0, 0.1) is 6.92 Å². The van der Waals surface area contributed by atoms with Gasteiger partial charge < -0.3 is 15.4 Å². The molecule has 0 bridgehead atoms. The first kappa shape index (κ1) is 14.5. The van der Waals surface area contributed by atoms with E-state index in [2.05, 4.69) is 10.6 Å². The van der Waals surface area contributed by atoms with Crippen molar-refractivity contribution in [3.63, 3.8) is 0 Å². The highest BCUT2D eigenvalue weighted by atomic mass is 16.5. The molecule has 1 aromatic carbocycles. The summed E-state index contributed by atoms with van der Waals surface area (Å²) in [5.74, 6) is -0.0455. The van der Waals surface area contributed by atoms with Gasteiger partial charge in [0.15, 0.2) is 0 Å². The molecule has 1 amide bonds. The van der Waals surface area contributed by atoms with Crippen molar-refractivity contribution in [2.75, 3.05) is 32.1 Å². The van der Waals surface area contributed by atoms with Crippen LogP contribution in [0.25, 0.3) is 0 Å². The number of carbonyl (C=O) groups is 1. The maximum absolute atomic E-state index is 12.0. The number of aryl methyl sites for hydroxylation is 1. The van der Waals surface area contributed by atoms with Crippen LogP contribution >= 0.6 is 0 Å². The molecule has 100 valence electrons. The smallest absolute Gasteiger partial charge is 0.253 e. The fourth-order valence-electron chi connectivity index (χ4n) is 1.68. The van der Waals surface area contributed by atoms with E-state index in [-0.39, 0.29) is 5.91 Å². The van der Waals surface area contributed by atoms with E-state index in [4.69, 9.17) is 4.74 Å². The molecular weight excluding hydrogens is 228 g/mol. The number of rotatable bonds is 7. The summed E-state index contributed by atoms with van der Waals surface area (Å²) in [6.07, 6.45) is 0.834. The summed E-state index contributed by atoms with van der Waals surface area (Å²) < 4.78 is 5.22. The number of amides is 1. The number of benzene rings is 1. The van der Waals surface area contributed by atoms with Crippen molar-refractivity contribution >= 4 is 11.6 Å². The molecule has 0 aromatic heterocycles. The van der Waals surface area contributed by atoms with Crippen molar-refractivity contribution in [3.05, 3.63) is 29.3 Å². The Labute approximate surface area is 109 Å². The Balaban J connectivity index is 2.51. The summed E-state index contributed by atoms with van der Waals surface area (Å²) in [7, 11) is 1.82. The van der Waals surface area contributed by atoms with E-state index in [1.807, 2.05) is 39.1 Å². The molecule has 0 radical (unpaired) electrons. The minimum atomic E-state index is -0.0455. The number of hydrogen-bond acceptors (Lipinski definition) is 3. The lowest BCUT2D eigenvalue weighted by atomic mass is 10.1. The van der Waals surface area contributed by atoms with Gasteiger partial charge in [-0.05, 0) is 38.0 Å². The van der Waals surface area contributed by atoms with Crippen LogP contribution in [-0.2, 0) is 4.74 Å². The highest BCUT2D eigenvalue weighted by Crippen LogP contribution is 2.16. The highest BCUT2D eigenvalue weighted by Gasteiger charge is 2.09. The van der Waals surface area contributed by atoms with Crippen LogP contribution < -0.4 is 10.6 Å². The van der Waals surface area contributed by atoms with Crippen molar-refractivity contribution in [3.8, 4) is 0 Å². The second-order valence-corrected chi connectivity index (χ2v) is 4.11. The van der Waals surface area contributed by atoms with Crippen molar-refractivity contribution in [2.24, 2.45) is 0 Å². The minimum absolute atomic E-state index is 0.0455.